The highest BCUT2D eigenvalue weighted by Gasteiger charge is 2.31. The quantitative estimate of drug-likeness (QED) is 0.608. The number of halogens is 5. The van der Waals surface area contributed by atoms with Crippen LogP contribution in [0.25, 0.3) is 17.2 Å². The van der Waals surface area contributed by atoms with Crippen molar-refractivity contribution in [2.24, 2.45) is 0 Å². The van der Waals surface area contributed by atoms with Crippen LogP contribution >= 0.6 is 0 Å². The van der Waals surface area contributed by atoms with Crippen molar-refractivity contribution >= 4 is 11.8 Å². The summed E-state index contributed by atoms with van der Waals surface area (Å²) in [6, 6.07) is 5.52. The Hall–Kier alpha value is -2.37. The second-order valence-electron chi connectivity index (χ2n) is 6.21. The molecule has 0 radical (unpaired) electrons. The van der Waals surface area contributed by atoms with Crippen LogP contribution in [0.2, 0.25) is 0 Å². The molecule has 0 aromatic heterocycles. The van der Waals surface area contributed by atoms with E-state index in [4.69, 9.17) is 0 Å². The van der Waals surface area contributed by atoms with Gasteiger partial charge < -0.3 is 4.90 Å². The van der Waals surface area contributed by atoms with Crippen molar-refractivity contribution in [1.82, 2.24) is 0 Å². The summed E-state index contributed by atoms with van der Waals surface area (Å²) in [6.45, 7) is 4.35. The molecule has 0 atom stereocenters. The fraction of sp³-hybridized carbons (Fsp3) is 0.263. The first kappa shape index (κ1) is 17.5. The van der Waals surface area contributed by atoms with Crippen molar-refractivity contribution in [2.75, 3.05) is 11.4 Å². The van der Waals surface area contributed by atoms with Crippen molar-refractivity contribution in [1.29, 1.82) is 0 Å². The van der Waals surface area contributed by atoms with E-state index in [0.29, 0.717) is 23.4 Å². The fourth-order valence-electron chi connectivity index (χ4n) is 3.00. The lowest BCUT2D eigenvalue weighted by Gasteiger charge is -2.34. The number of nitrogens with zero attached hydrogens (tertiary/aromatic N) is 1. The molecule has 1 heterocycles. The highest BCUT2D eigenvalue weighted by molar-refractivity contribution is 5.87. The van der Waals surface area contributed by atoms with Gasteiger partial charge in [0.05, 0.1) is 11.3 Å². The third-order valence-corrected chi connectivity index (χ3v) is 4.25. The van der Waals surface area contributed by atoms with Gasteiger partial charge >= 0.3 is 6.18 Å². The van der Waals surface area contributed by atoms with Crippen molar-refractivity contribution in [2.45, 2.75) is 26.1 Å². The molecule has 0 saturated carbocycles. The van der Waals surface area contributed by atoms with Crippen molar-refractivity contribution in [3.63, 3.8) is 0 Å². The van der Waals surface area contributed by atoms with Crippen LogP contribution in [0.4, 0.5) is 27.6 Å². The number of fused-ring (bicyclic) bond motifs is 1. The van der Waals surface area contributed by atoms with Gasteiger partial charge in [-0.15, -0.1) is 0 Å². The van der Waals surface area contributed by atoms with Gasteiger partial charge in [0.2, 0.25) is 0 Å². The molecule has 0 saturated heterocycles. The number of hydrogen-bond acceptors (Lipinski definition) is 1. The van der Waals surface area contributed by atoms with Crippen LogP contribution in [0.3, 0.4) is 0 Å². The SMILES string of the molecule is CC(C)N1CC=Cc2c(F)c(F)cc(-c3ccc(C(F)(F)F)cc3)c21. The molecule has 132 valence electrons. The van der Waals surface area contributed by atoms with Crippen LogP contribution in [-0.2, 0) is 6.18 Å². The largest absolute Gasteiger partial charge is 0.416 e. The van der Waals surface area contributed by atoms with Crippen LogP contribution in [0.15, 0.2) is 36.4 Å². The van der Waals surface area contributed by atoms with Gasteiger partial charge in [-0.1, -0.05) is 24.3 Å². The van der Waals surface area contributed by atoms with Gasteiger partial charge in [-0.2, -0.15) is 13.2 Å². The first-order valence-electron chi connectivity index (χ1n) is 7.83. The molecule has 1 nitrogen and oxygen atoms in total. The predicted molar refractivity (Wildman–Crippen MR) is 88.3 cm³/mol. The second-order valence-corrected chi connectivity index (χ2v) is 6.21. The van der Waals surface area contributed by atoms with E-state index in [1.54, 1.807) is 6.08 Å². The van der Waals surface area contributed by atoms with Crippen LogP contribution in [0.1, 0.15) is 25.0 Å². The third-order valence-electron chi connectivity index (χ3n) is 4.25. The van der Waals surface area contributed by atoms with E-state index in [2.05, 4.69) is 0 Å². The summed E-state index contributed by atoms with van der Waals surface area (Å²) in [5.41, 5.74) is 0.615. The molecular formula is C19H16F5N. The number of benzene rings is 2. The van der Waals surface area contributed by atoms with E-state index in [-0.39, 0.29) is 11.6 Å². The average molecular weight is 353 g/mol. The lowest BCUT2D eigenvalue weighted by atomic mass is 9.94. The maximum atomic E-state index is 14.2. The summed E-state index contributed by atoms with van der Waals surface area (Å²) in [6.07, 6.45) is -1.19. The molecule has 0 fully saturated rings. The van der Waals surface area contributed by atoms with E-state index >= 15 is 0 Å². The fourth-order valence-corrected chi connectivity index (χ4v) is 3.00. The molecule has 25 heavy (non-hydrogen) atoms. The summed E-state index contributed by atoms with van der Waals surface area (Å²) in [4.78, 5) is 1.89. The molecule has 2 aromatic carbocycles. The minimum Gasteiger partial charge on any atom is -0.364 e. The van der Waals surface area contributed by atoms with Crippen molar-refractivity contribution in [3.8, 4) is 11.1 Å². The normalized spacial score (nSPS) is 14.2. The van der Waals surface area contributed by atoms with Crippen LogP contribution in [0.5, 0.6) is 0 Å². The summed E-state index contributed by atoms with van der Waals surface area (Å²) < 4.78 is 66.5. The van der Waals surface area contributed by atoms with Gasteiger partial charge in [0, 0.05) is 23.7 Å². The van der Waals surface area contributed by atoms with Crippen molar-refractivity contribution < 1.29 is 22.0 Å². The van der Waals surface area contributed by atoms with E-state index in [9.17, 15) is 22.0 Å². The third kappa shape index (κ3) is 3.13. The molecular weight excluding hydrogens is 337 g/mol. The molecule has 1 aliphatic rings. The van der Waals surface area contributed by atoms with E-state index in [1.807, 2.05) is 18.7 Å². The maximum absolute atomic E-state index is 14.2. The number of hydrogen-bond donors (Lipinski definition) is 0. The molecule has 0 unspecified atom stereocenters. The molecule has 6 heteroatoms. The molecule has 3 rings (SSSR count). The average Bonchev–Trinajstić information content (AvgIpc) is 2.57. The monoisotopic (exact) mass is 353 g/mol. The predicted octanol–water partition coefficient (Wildman–Crippen LogP) is 5.89. The van der Waals surface area contributed by atoms with Crippen LogP contribution in [0, 0.1) is 11.6 Å². The molecule has 0 bridgehead atoms. The molecule has 0 spiro atoms. The highest BCUT2D eigenvalue weighted by atomic mass is 19.4. The van der Waals surface area contributed by atoms with Crippen LogP contribution < -0.4 is 4.90 Å². The Kier molecular flexibility index (Phi) is 4.31. The van der Waals surface area contributed by atoms with Gasteiger partial charge in [-0.05, 0) is 37.6 Å². The Morgan fingerprint density at radius 3 is 2.24 bits per heavy atom. The zero-order chi connectivity index (χ0) is 18.4. The van der Waals surface area contributed by atoms with Gasteiger partial charge in [0.15, 0.2) is 11.6 Å². The Bertz CT molecular complexity index is 819. The zero-order valence-electron chi connectivity index (χ0n) is 13.7. The Labute approximate surface area is 142 Å². The summed E-state index contributed by atoms with van der Waals surface area (Å²) in [5, 5.41) is 0. The lowest BCUT2D eigenvalue weighted by Crippen LogP contribution is -2.33. The number of rotatable bonds is 2. The Morgan fingerprint density at radius 2 is 1.68 bits per heavy atom. The first-order valence-corrected chi connectivity index (χ1v) is 7.83. The molecule has 2 aromatic rings. The molecule has 0 aliphatic carbocycles. The number of alkyl halides is 3. The van der Waals surface area contributed by atoms with Crippen LogP contribution in [-0.4, -0.2) is 12.6 Å². The van der Waals surface area contributed by atoms with E-state index in [0.717, 1.165) is 18.2 Å². The molecule has 0 N–H and O–H groups in total. The smallest absolute Gasteiger partial charge is 0.364 e. The minimum atomic E-state index is -4.45. The van der Waals surface area contributed by atoms with Gasteiger partial charge in [-0.25, -0.2) is 8.78 Å². The molecule has 1 aliphatic heterocycles. The number of anilines is 1. The Balaban J connectivity index is 2.20. The topological polar surface area (TPSA) is 3.24 Å². The van der Waals surface area contributed by atoms with Crippen molar-refractivity contribution in [3.05, 3.63) is 59.2 Å². The van der Waals surface area contributed by atoms with Gasteiger partial charge in [0.25, 0.3) is 0 Å². The maximum Gasteiger partial charge on any atom is 0.416 e. The van der Waals surface area contributed by atoms with E-state index < -0.39 is 23.4 Å². The minimum absolute atomic E-state index is 0.0155. The lowest BCUT2D eigenvalue weighted by molar-refractivity contribution is -0.137. The second kappa shape index (κ2) is 6.17. The van der Waals surface area contributed by atoms with E-state index in [1.165, 1.54) is 18.2 Å². The first-order chi connectivity index (χ1) is 11.7. The summed E-state index contributed by atoms with van der Waals surface area (Å²) in [7, 11) is 0. The van der Waals surface area contributed by atoms with Gasteiger partial charge in [-0.3, -0.25) is 0 Å². The Morgan fingerprint density at radius 1 is 1.04 bits per heavy atom. The summed E-state index contributed by atoms with van der Waals surface area (Å²) in [5.74, 6) is -1.98. The standard InChI is InChI=1S/C19H16F5N/c1-11(2)25-9-3-4-14-17(21)16(20)10-15(18(14)25)12-5-7-13(8-6-12)19(22,23)24/h3-8,10-11H,9H2,1-2H3. The highest BCUT2D eigenvalue weighted by Crippen LogP contribution is 2.41. The zero-order valence-corrected chi connectivity index (χ0v) is 13.7. The van der Waals surface area contributed by atoms with Gasteiger partial charge in [0.1, 0.15) is 0 Å². The molecule has 0 amide bonds. The summed E-state index contributed by atoms with van der Waals surface area (Å²) >= 11 is 0.